The van der Waals surface area contributed by atoms with Gasteiger partial charge in [-0.2, -0.15) is 9.50 Å². The van der Waals surface area contributed by atoms with Crippen molar-refractivity contribution in [2.75, 3.05) is 20.3 Å². The van der Waals surface area contributed by atoms with E-state index in [1.165, 1.54) is 15.9 Å². The Bertz CT molecular complexity index is 1330. The van der Waals surface area contributed by atoms with E-state index in [9.17, 15) is 4.79 Å². The number of nitrogens with zero attached hydrogens (tertiary/aromatic N) is 3. The van der Waals surface area contributed by atoms with Crippen molar-refractivity contribution in [2.45, 2.75) is 6.92 Å². The number of aromatic nitrogens is 3. The van der Waals surface area contributed by atoms with Gasteiger partial charge in [0.25, 0.3) is 5.56 Å². The van der Waals surface area contributed by atoms with Crippen LogP contribution < -0.4 is 24.3 Å². The van der Waals surface area contributed by atoms with Gasteiger partial charge in [0.15, 0.2) is 17.3 Å². The van der Waals surface area contributed by atoms with Gasteiger partial charge >= 0.3 is 0 Å². The zero-order chi connectivity index (χ0) is 21.8. The first-order valence-corrected chi connectivity index (χ1v) is 10.5. The van der Waals surface area contributed by atoms with Crippen LogP contribution in [0.3, 0.4) is 0 Å². The molecule has 4 aromatic rings. The van der Waals surface area contributed by atoms with Crippen LogP contribution in [-0.4, -0.2) is 34.9 Å². The van der Waals surface area contributed by atoms with Gasteiger partial charge in [0, 0.05) is 5.56 Å². The molecule has 0 radical (unpaired) electrons. The second-order valence-electron chi connectivity index (χ2n) is 6.51. The van der Waals surface area contributed by atoms with Crippen LogP contribution in [0.2, 0.25) is 0 Å². The Morgan fingerprint density at radius 2 is 1.94 bits per heavy atom. The SMILES string of the molecule is C=CCOc1ccc(C=c2sc3nc(-c4ccc(OCC)cc4)nn3c2=O)cc1OC. The molecule has 0 bridgehead atoms. The minimum absolute atomic E-state index is 0.212. The molecular weight excluding hydrogens is 414 g/mol. The van der Waals surface area contributed by atoms with Crippen LogP contribution in [0.1, 0.15) is 12.5 Å². The Balaban J connectivity index is 1.66. The van der Waals surface area contributed by atoms with Crippen LogP contribution in [0, 0.1) is 0 Å². The maximum absolute atomic E-state index is 12.8. The third-order valence-corrected chi connectivity index (χ3v) is 5.41. The van der Waals surface area contributed by atoms with Crippen molar-refractivity contribution >= 4 is 22.4 Å². The Hall–Kier alpha value is -3.65. The predicted octanol–water partition coefficient (Wildman–Crippen LogP) is 3.34. The number of rotatable bonds is 8. The summed E-state index contributed by atoms with van der Waals surface area (Å²) in [5, 5.41) is 4.39. The summed E-state index contributed by atoms with van der Waals surface area (Å²) in [6.45, 7) is 6.56. The van der Waals surface area contributed by atoms with Crippen molar-refractivity contribution in [3.05, 3.63) is 75.6 Å². The van der Waals surface area contributed by atoms with Crippen LogP contribution >= 0.6 is 11.3 Å². The standard InChI is InChI=1S/C23H21N3O4S/c1-4-12-30-18-11-6-15(13-19(18)28-3)14-20-22(27)26-23(31-20)24-21(25-26)16-7-9-17(10-8-16)29-5-2/h4,6-11,13-14H,1,5,12H2,2-3H3. The number of fused-ring (bicyclic) bond motifs is 1. The summed E-state index contributed by atoms with van der Waals surface area (Å²) in [7, 11) is 1.57. The lowest BCUT2D eigenvalue weighted by Crippen LogP contribution is -2.23. The lowest BCUT2D eigenvalue weighted by Gasteiger charge is -2.09. The minimum Gasteiger partial charge on any atom is -0.494 e. The van der Waals surface area contributed by atoms with Gasteiger partial charge in [-0.3, -0.25) is 4.79 Å². The second kappa shape index (κ2) is 9.01. The Labute approximate surface area is 182 Å². The Kier molecular flexibility index (Phi) is 5.99. The maximum Gasteiger partial charge on any atom is 0.291 e. The summed E-state index contributed by atoms with van der Waals surface area (Å²) < 4.78 is 18.3. The van der Waals surface area contributed by atoms with Gasteiger partial charge in [0.2, 0.25) is 4.96 Å². The number of ether oxygens (including phenoxy) is 3. The van der Waals surface area contributed by atoms with Gasteiger partial charge in [0.1, 0.15) is 12.4 Å². The predicted molar refractivity (Wildman–Crippen MR) is 121 cm³/mol. The molecule has 158 valence electrons. The van der Waals surface area contributed by atoms with Crippen molar-refractivity contribution < 1.29 is 14.2 Å². The first-order chi connectivity index (χ1) is 15.1. The van der Waals surface area contributed by atoms with E-state index in [-0.39, 0.29) is 5.56 Å². The summed E-state index contributed by atoms with van der Waals surface area (Å²) in [6, 6.07) is 13.0. The smallest absolute Gasteiger partial charge is 0.291 e. The Morgan fingerprint density at radius 3 is 2.61 bits per heavy atom. The average molecular weight is 436 g/mol. The zero-order valence-corrected chi connectivity index (χ0v) is 18.0. The van der Waals surface area contributed by atoms with Gasteiger partial charge in [-0.05, 0) is 55.0 Å². The van der Waals surface area contributed by atoms with E-state index in [1.54, 1.807) is 25.3 Å². The molecule has 2 aromatic heterocycles. The van der Waals surface area contributed by atoms with E-state index in [1.807, 2.05) is 43.3 Å². The lowest BCUT2D eigenvalue weighted by molar-refractivity contribution is 0.326. The highest BCUT2D eigenvalue weighted by Gasteiger charge is 2.12. The molecule has 0 amide bonds. The molecule has 0 spiro atoms. The highest BCUT2D eigenvalue weighted by molar-refractivity contribution is 7.15. The second-order valence-corrected chi connectivity index (χ2v) is 7.52. The number of thiazole rings is 1. The average Bonchev–Trinajstić information content (AvgIpc) is 3.33. The number of methoxy groups -OCH3 is 1. The van der Waals surface area contributed by atoms with Crippen LogP contribution in [-0.2, 0) is 0 Å². The molecule has 8 heteroatoms. The summed E-state index contributed by atoms with van der Waals surface area (Å²) in [5.41, 5.74) is 1.43. The van der Waals surface area contributed by atoms with Crippen molar-refractivity contribution in [1.29, 1.82) is 0 Å². The number of hydrogen-bond acceptors (Lipinski definition) is 7. The summed E-state index contributed by atoms with van der Waals surface area (Å²) >= 11 is 1.29. The summed E-state index contributed by atoms with van der Waals surface area (Å²) in [5.74, 6) is 2.48. The normalized spacial score (nSPS) is 11.6. The van der Waals surface area contributed by atoms with E-state index in [2.05, 4.69) is 16.7 Å². The third-order valence-electron chi connectivity index (χ3n) is 4.45. The van der Waals surface area contributed by atoms with Crippen molar-refractivity contribution in [3.63, 3.8) is 0 Å². The molecule has 0 N–H and O–H groups in total. The molecule has 0 aliphatic rings. The summed E-state index contributed by atoms with van der Waals surface area (Å²) in [6.07, 6.45) is 3.46. The fraction of sp³-hybridized carbons (Fsp3) is 0.174. The van der Waals surface area contributed by atoms with Crippen molar-refractivity contribution in [1.82, 2.24) is 14.6 Å². The van der Waals surface area contributed by atoms with Crippen molar-refractivity contribution in [2.24, 2.45) is 0 Å². The van der Waals surface area contributed by atoms with Gasteiger partial charge in [-0.15, -0.1) is 5.10 Å². The molecule has 2 aromatic carbocycles. The fourth-order valence-corrected chi connectivity index (χ4v) is 3.92. The highest BCUT2D eigenvalue weighted by atomic mass is 32.1. The monoisotopic (exact) mass is 435 g/mol. The van der Waals surface area contributed by atoms with E-state index >= 15 is 0 Å². The Morgan fingerprint density at radius 1 is 1.13 bits per heavy atom. The van der Waals surface area contributed by atoms with Gasteiger partial charge < -0.3 is 14.2 Å². The fourth-order valence-electron chi connectivity index (χ4n) is 3.02. The molecule has 4 rings (SSSR count). The number of benzene rings is 2. The van der Waals surface area contributed by atoms with Crippen LogP contribution in [0.15, 0.2) is 59.9 Å². The molecule has 0 aliphatic carbocycles. The van der Waals surface area contributed by atoms with Gasteiger partial charge in [-0.25, -0.2) is 0 Å². The first-order valence-electron chi connectivity index (χ1n) is 9.69. The molecule has 0 atom stereocenters. The van der Waals surface area contributed by atoms with E-state index in [0.717, 1.165) is 16.9 Å². The molecule has 2 heterocycles. The van der Waals surface area contributed by atoms with Crippen LogP contribution in [0.4, 0.5) is 0 Å². The van der Waals surface area contributed by atoms with Gasteiger partial charge in [0.05, 0.1) is 18.2 Å². The van der Waals surface area contributed by atoms with E-state index in [4.69, 9.17) is 14.2 Å². The molecule has 0 saturated carbocycles. The van der Waals surface area contributed by atoms with E-state index < -0.39 is 0 Å². The molecule has 0 fully saturated rings. The topological polar surface area (TPSA) is 75.0 Å². The molecule has 0 unspecified atom stereocenters. The van der Waals surface area contributed by atoms with Gasteiger partial charge in [-0.1, -0.05) is 30.1 Å². The molecule has 0 saturated heterocycles. The first kappa shape index (κ1) is 20.6. The number of hydrogen-bond donors (Lipinski definition) is 0. The molecule has 0 aliphatic heterocycles. The quantitative estimate of drug-likeness (QED) is 0.395. The van der Waals surface area contributed by atoms with Crippen LogP contribution in [0.5, 0.6) is 17.2 Å². The lowest BCUT2D eigenvalue weighted by atomic mass is 10.2. The highest BCUT2D eigenvalue weighted by Crippen LogP contribution is 2.28. The molecule has 31 heavy (non-hydrogen) atoms. The van der Waals surface area contributed by atoms with Crippen LogP contribution in [0.25, 0.3) is 22.4 Å². The molecular formula is C23H21N3O4S. The molecule has 7 nitrogen and oxygen atoms in total. The summed E-state index contributed by atoms with van der Waals surface area (Å²) in [4.78, 5) is 17.9. The minimum atomic E-state index is -0.212. The maximum atomic E-state index is 12.8. The van der Waals surface area contributed by atoms with E-state index in [0.29, 0.717) is 40.0 Å². The largest absolute Gasteiger partial charge is 0.494 e. The zero-order valence-electron chi connectivity index (χ0n) is 17.2. The van der Waals surface area contributed by atoms with Crippen molar-refractivity contribution in [3.8, 4) is 28.6 Å². The third kappa shape index (κ3) is 4.29.